The predicted octanol–water partition coefficient (Wildman–Crippen LogP) is 3.26. The van der Waals surface area contributed by atoms with Crippen LogP contribution >= 0.6 is 0 Å². The number of ether oxygens (including phenoxy) is 2. The monoisotopic (exact) mass is 428 g/mol. The zero-order valence-electron chi connectivity index (χ0n) is 18.9. The molecule has 0 aliphatic carbocycles. The molecule has 3 heterocycles. The Morgan fingerprint density at radius 2 is 1.55 bits per heavy atom. The van der Waals surface area contributed by atoms with Crippen LogP contribution in [0.5, 0.6) is 11.5 Å². The van der Waals surface area contributed by atoms with Crippen LogP contribution in [0.4, 0.5) is 0 Å². The van der Waals surface area contributed by atoms with Gasteiger partial charge in [0.15, 0.2) is 11.5 Å². The molecule has 0 radical (unpaired) electrons. The number of amides is 1. The number of aromatic amines is 1. The van der Waals surface area contributed by atoms with E-state index in [9.17, 15) is 4.79 Å². The predicted molar refractivity (Wildman–Crippen MR) is 123 cm³/mol. The molecular weight excluding hydrogens is 392 g/mol. The van der Waals surface area contributed by atoms with Gasteiger partial charge in [-0.1, -0.05) is 12.8 Å². The van der Waals surface area contributed by atoms with Gasteiger partial charge in [0.1, 0.15) is 5.69 Å². The van der Waals surface area contributed by atoms with Gasteiger partial charge in [-0.15, -0.1) is 0 Å². The van der Waals surface area contributed by atoms with Gasteiger partial charge in [-0.05, 0) is 50.9 Å². The number of hydrogen-bond donors (Lipinski definition) is 2. The van der Waals surface area contributed by atoms with Crippen molar-refractivity contribution in [1.82, 2.24) is 20.1 Å². The first-order chi connectivity index (χ1) is 15.2. The Labute approximate surface area is 185 Å². The number of piperidine rings is 1. The van der Waals surface area contributed by atoms with Crippen molar-refractivity contribution in [2.45, 2.75) is 44.6 Å². The molecule has 0 bridgehead atoms. The van der Waals surface area contributed by atoms with Gasteiger partial charge >= 0.3 is 0 Å². The minimum atomic E-state index is -0.0443. The lowest BCUT2D eigenvalue weighted by Gasteiger charge is -2.33. The maximum atomic E-state index is 12.8. The van der Waals surface area contributed by atoms with Gasteiger partial charge in [0, 0.05) is 49.2 Å². The van der Waals surface area contributed by atoms with Crippen LogP contribution in [0.3, 0.4) is 0 Å². The van der Waals surface area contributed by atoms with Crippen molar-refractivity contribution in [2.75, 3.05) is 53.5 Å². The molecule has 7 heteroatoms. The summed E-state index contributed by atoms with van der Waals surface area (Å²) < 4.78 is 10.7. The Kier molecular flexibility index (Phi) is 7.35. The number of likely N-dealkylation sites (tertiary alicyclic amines) is 2. The van der Waals surface area contributed by atoms with E-state index in [0.717, 1.165) is 43.4 Å². The summed E-state index contributed by atoms with van der Waals surface area (Å²) in [7, 11) is 3.23. The first-order valence-corrected chi connectivity index (χ1v) is 11.7. The molecule has 2 saturated heterocycles. The summed E-state index contributed by atoms with van der Waals surface area (Å²) in [4.78, 5) is 21.2. The van der Waals surface area contributed by atoms with Crippen LogP contribution in [-0.2, 0) is 0 Å². The first kappa shape index (κ1) is 22.0. The van der Waals surface area contributed by atoms with Crippen molar-refractivity contribution in [2.24, 2.45) is 0 Å². The summed E-state index contributed by atoms with van der Waals surface area (Å²) in [6.07, 6.45) is 7.49. The number of H-pyrrole nitrogens is 1. The Balaban J connectivity index is 1.27. The van der Waals surface area contributed by atoms with Crippen LogP contribution < -0.4 is 14.8 Å². The summed E-state index contributed by atoms with van der Waals surface area (Å²) >= 11 is 0. The summed E-state index contributed by atoms with van der Waals surface area (Å²) in [5.41, 5.74) is 1.44. The van der Waals surface area contributed by atoms with E-state index in [2.05, 4.69) is 20.1 Å². The van der Waals surface area contributed by atoms with E-state index in [0.29, 0.717) is 17.2 Å². The average molecular weight is 429 g/mol. The maximum Gasteiger partial charge on any atom is 0.267 e. The lowest BCUT2D eigenvalue weighted by Crippen LogP contribution is -2.46. The van der Waals surface area contributed by atoms with Gasteiger partial charge < -0.3 is 29.6 Å². The zero-order chi connectivity index (χ0) is 21.6. The summed E-state index contributed by atoms with van der Waals surface area (Å²) in [5.74, 6) is 1.27. The van der Waals surface area contributed by atoms with Gasteiger partial charge in [-0.3, -0.25) is 4.79 Å². The standard InChI is InChI=1S/C24H36N4O3/c1-30-22-16-18-15-21(26-20(18)17-23(22)31-2)24(29)25-19-7-11-28(12-8-19)14-13-27-9-5-3-4-6-10-27/h15-17,19,26H,3-14H2,1-2H3,(H,25,29). The number of rotatable bonds is 7. The van der Waals surface area contributed by atoms with Gasteiger partial charge in [0.05, 0.1) is 14.2 Å². The largest absolute Gasteiger partial charge is 0.493 e. The number of aromatic nitrogens is 1. The third-order valence-corrected chi connectivity index (χ3v) is 6.72. The molecular formula is C24H36N4O3. The average Bonchev–Trinajstić information content (AvgIpc) is 3.03. The molecule has 4 rings (SSSR count). The minimum absolute atomic E-state index is 0.0443. The Morgan fingerprint density at radius 1 is 0.935 bits per heavy atom. The normalized spacial score (nSPS) is 19.3. The van der Waals surface area contributed by atoms with E-state index in [1.165, 1.54) is 45.3 Å². The van der Waals surface area contributed by atoms with Gasteiger partial charge in [-0.25, -0.2) is 0 Å². The molecule has 0 unspecified atom stereocenters. The summed E-state index contributed by atoms with van der Waals surface area (Å²) in [6, 6.07) is 5.87. The molecule has 0 saturated carbocycles. The molecule has 1 amide bonds. The highest BCUT2D eigenvalue weighted by Gasteiger charge is 2.22. The first-order valence-electron chi connectivity index (χ1n) is 11.7. The van der Waals surface area contributed by atoms with E-state index in [-0.39, 0.29) is 11.9 Å². The number of carbonyl (C=O) groups is 1. The fourth-order valence-corrected chi connectivity index (χ4v) is 4.79. The molecule has 2 aliphatic heterocycles. The Morgan fingerprint density at radius 3 is 2.19 bits per heavy atom. The van der Waals surface area contributed by atoms with Gasteiger partial charge in [0.25, 0.3) is 5.91 Å². The summed E-state index contributed by atoms with van der Waals surface area (Å²) in [5, 5.41) is 4.15. The topological polar surface area (TPSA) is 69.8 Å². The van der Waals surface area contributed by atoms with Crippen molar-refractivity contribution in [3.05, 3.63) is 23.9 Å². The fraction of sp³-hybridized carbons (Fsp3) is 0.625. The maximum absolute atomic E-state index is 12.8. The molecule has 2 N–H and O–H groups in total. The van der Waals surface area contributed by atoms with Crippen molar-refractivity contribution >= 4 is 16.8 Å². The smallest absolute Gasteiger partial charge is 0.267 e. The molecule has 1 aromatic heterocycles. The summed E-state index contributed by atoms with van der Waals surface area (Å²) in [6.45, 7) is 6.95. The van der Waals surface area contributed by atoms with Crippen molar-refractivity contribution < 1.29 is 14.3 Å². The molecule has 31 heavy (non-hydrogen) atoms. The second-order valence-corrected chi connectivity index (χ2v) is 8.82. The van der Waals surface area contributed by atoms with E-state index < -0.39 is 0 Å². The number of nitrogens with zero attached hydrogens (tertiary/aromatic N) is 2. The molecule has 1 aromatic carbocycles. The number of carbonyl (C=O) groups excluding carboxylic acids is 1. The van der Waals surface area contributed by atoms with E-state index in [1.54, 1.807) is 14.2 Å². The molecule has 7 nitrogen and oxygen atoms in total. The number of hydrogen-bond acceptors (Lipinski definition) is 5. The molecule has 170 valence electrons. The minimum Gasteiger partial charge on any atom is -0.493 e. The Hall–Kier alpha value is -2.25. The highest BCUT2D eigenvalue weighted by Crippen LogP contribution is 2.32. The van der Waals surface area contributed by atoms with Crippen LogP contribution in [0.2, 0.25) is 0 Å². The molecule has 0 spiro atoms. The second-order valence-electron chi connectivity index (χ2n) is 8.82. The molecule has 2 aromatic rings. The molecule has 0 atom stereocenters. The van der Waals surface area contributed by atoms with Gasteiger partial charge in [-0.2, -0.15) is 0 Å². The van der Waals surface area contributed by atoms with Gasteiger partial charge in [0.2, 0.25) is 0 Å². The molecule has 2 aliphatic rings. The van der Waals surface area contributed by atoms with Crippen LogP contribution in [0, 0.1) is 0 Å². The lowest BCUT2D eigenvalue weighted by atomic mass is 10.0. The highest BCUT2D eigenvalue weighted by molar-refractivity contribution is 5.98. The third kappa shape index (κ3) is 5.52. The molecule has 2 fully saturated rings. The fourth-order valence-electron chi connectivity index (χ4n) is 4.79. The van der Waals surface area contributed by atoms with E-state index in [4.69, 9.17) is 9.47 Å². The SMILES string of the molecule is COc1cc2cc(C(=O)NC3CCN(CCN4CCCCCC4)CC3)[nH]c2cc1OC. The van der Waals surface area contributed by atoms with Crippen LogP contribution in [0.15, 0.2) is 18.2 Å². The quantitative estimate of drug-likeness (QED) is 0.708. The number of benzene rings is 1. The van der Waals surface area contributed by atoms with Crippen molar-refractivity contribution in [3.8, 4) is 11.5 Å². The zero-order valence-corrected chi connectivity index (χ0v) is 18.9. The Bertz CT molecular complexity index is 824. The third-order valence-electron chi connectivity index (χ3n) is 6.72. The van der Waals surface area contributed by atoms with Crippen LogP contribution in [-0.4, -0.2) is 80.2 Å². The van der Waals surface area contributed by atoms with Crippen molar-refractivity contribution in [1.29, 1.82) is 0 Å². The van der Waals surface area contributed by atoms with Crippen LogP contribution in [0.1, 0.15) is 49.0 Å². The number of methoxy groups -OCH3 is 2. The van der Waals surface area contributed by atoms with Crippen molar-refractivity contribution in [3.63, 3.8) is 0 Å². The second kappa shape index (κ2) is 10.4. The van der Waals surface area contributed by atoms with E-state index >= 15 is 0 Å². The number of fused-ring (bicyclic) bond motifs is 1. The van der Waals surface area contributed by atoms with E-state index in [1.807, 2.05) is 18.2 Å². The highest BCUT2D eigenvalue weighted by atomic mass is 16.5. The number of nitrogens with one attached hydrogen (secondary N) is 2. The van der Waals surface area contributed by atoms with Crippen LogP contribution in [0.25, 0.3) is 10.9 Å². The lowest BCUT2D eigenvalue weighted by molar-refractivity contribution is 0.0902.